The van der Waals surface area contributed by atoms with Crippen molar-refractivity contribution in [1.29, 1.82) is 0 Å². The summed E-state index contributed by atoms with van der Waals surface area (Å²) in [6.07, 6.45) is 0.796. The van der Waals surface area contributed by atoms with Gasteiger partial charge in [-0.15, -0.1) is 0 Å². The Morgan fingerprint density at radius 2 is 1.76 bits per heavy atom. The highest BCUT2D eigenvalue weighted by molar-refractivity contribution is 6.02. The number of hydrogen-bond acceptors (Lipinski definition) is 9. The fourth-order valence-electron chi connectivity index (χ4n) is 5.55. The Balaban J connectivity index is 1.50. The van der Waals surface area contributed by atoms with Crippen molar-refractivity contribution in [2.45, 2.75) is 66.0 Å². The zero-order valence-electron chi connectivity index (χ0n) is 26.4. The number of benzene rings is 1. The maximum atomic E-state index is 13.6. The van der Waals surface area contributed by atoms with Gasteiger partial charge >= 0.3 is 5.97 Å². The molecule has 13 nitrogen and oxygen atoms in total. The number of hydrogen-bond donors (Lipinski definition) is 4. The summed E-state index contributed by atoms with van der Waals surface area (Å²) in [5.74, 6) is -2.06. The van der Waals surface area contributed by atoms with Gasteiger partial charge in [0.05, 0.1) is 24.5 Å². The average Bonchev–Trinajstić information content (AvgIpc) is 3.60. The first kappa shape index (κ1) is 33.1. The Labute approximate surface area is 261 Å². The molecule has 45 heavy (non-hydrogen) atoms. The molecule has 3 heterocycles. The molecule has 3 atom stereocenters. The normalized spacial score (nSPS) is 15.8. The number of ketones is 1. The molecule has 0 spiro atoms. The molecule has 1 saturated heterocycles. The number of ether oxygens (including phenoxy) is 2. The van der Waals surface area contributed by atoms with E-state index in [2.05, 4.69) is 30.9 Å². The van der Waals surface area contributed by atoms with E-state index in [1.807, 2.05) is 19.9 Å². The number of Topliss-reactive ketones (excluding diaryl/α,β-unsaturated/α-hetero) is 1. The third-order valence-corrected chi connectivity index (χ3v) is 7.74. The van der Waals surface area contributed by atoms with Crippen LogP contribution in [0, 0.1) is 32.6 Å². The van der Waals surface area contributed by atoms with E-state index in [1.54, 1.807) is 39.0 Å². The van der Waals surface area contributed by atoms with Gasteiger partial charge in [0.1, 0.15) is 28.9 Å². The molecule has 240 valence electrons. The van der Waals surface area contributed by atoms with Gasteiger partial charge in [-0.05, 0) is 64.2 Å². The van der Waals surface area contributed by atoms with E-state index in [9.17, 15) is 24.0 Å². The van der Waals surface area contributed by atoms with Gasteiger partial charge in [-0.2, -0.15) is 0 Å². The summed E-state index contributed by atoms with van der Waals surface area (Å²) in [4.78, 5) is 77.0. The second kappa shape index (κ2) is 14.3. The van der Waals surface area contributed by atoms with Crippen molar-refractivity contribution < 1.29 is 33.4 Å². The van der Waals surface area contributed by atoms with Crippen LogP contribution in [0.4, 0.5) is 0 Å². The first-order valence-corrected chi connectivity index (χ1v) is 14.9. The number of carbonyl (C=O) groups excluding carboxylic acids is 5. The topological polar surface area (TPSA) is 181 Å². The van der Waals surface area contributed by atoms with E-state index >= 15 is 0 Å². The Morgan fingerprint density at radius 3 is 2.38 bits per heavy atom. The standard InChI is InChI=1S/C32H40N6O7/c1-16(2)12-24(38-31(42)25-14-21-22(36-25)8-7-9-27(21)44-6)30(41)37-23(13-20-10-11-33-29(20)40)26(39)15-45-32(43)28-17(3)34-19(5)35-18(28)4/h7-9,14,16,20,23-24,36H,10-13,15H2,1-6H3,(H,33,40)(H,37,41)(H,38,42)/t20-,23-,24-/m0/s1. The lowest BCUT2D eigenvalue weighted by atomic mass is 9.95. The fourth-order valence-corrected chi connectivity index (χ4v) is 5.55. The maximum Gasteiger partial charge on any atom is 0.342 e. The molecule has 13 heteroatoms. The molecule has 4 rings (SSSR count). The smallest absolute Gasteiger partial charge is 0.342 e. The van der Waals surface area contributed by atoms with E-state index in [-0.39, 0.29) is 35.9 Å². The average molecular weight is 621 g/mol. The fraction of sp³-hybridized carbons (Fsp3) is 0.469. The van der Waals surface area contributed by atoms with Crippen LogP contribution in [0.1, 0.15) is 71.2 Å². The van der Waals surface area contributed by atoms with Crippen molar-refractivity contribution in [3.63, 3.8) is 0 Å². The van der Waals surface area contributed by atoms with Crippen LogP contribution in [0.25, 0.3) is 10.9 Å². The van der Waals surface area contributed by atoms with Gasteiger partial charge in [-0.3, -0.25) is 19.2 Å². The summed E-state index contributed by atoms with van der Waals surface area (Å²) in [6, 6.07) is 4.91. The van der Waals surface area contributed by atoms with Crippen LogP contribution >= 0.6 is 0 Å². The van der Waals surface area contributed by atoms with Gasteiger partial charge in [-0.1, -0.05) is 19.9 Å². The van der Waals surface area contributed by atoms with Crippen LogP contribution in [-0.4, -0.2) is 76.8 Å². The van der Waals surface area contributed by atoms with Gasteiger partial charge in [0, 0.05) is 23.4 Å². The molecular formula is C32H40N6O7. The van der Waals surface area contributed by atoms with Gasteiger partial charge < -0.3 is 30.4 Å². The highest BCUT2D eigenvalue weighted by Crippen LogP contribution is 2.26. The molecule has 1 aliphatic rings. The Bertz CT molecular complexity index is 1590. The number of carbonyl (C=O) groups is 5. The predicted molar refractivity (Wildman–Crippen MR) is 165 cm³/mol. The summed E-state index contributed by atoms with van der Waals surface area (Å²) in [6.45, 7) is 8.64. The molecule has 0 unspecified atom stereocenters. The summed E-state index contributed by atoms with van der Waals surface area (Å²) >= 11 is 0. The van der Waals surface area contributed by atoms with Gasteiger partial charge in [-0.25, -0.2) is 14.8 Å². The summed E-state index contributed by atoms with van der Waals surface area (Å²) in [5.41, 5.74) is 1.94. The molecule has 0 aliphatic carbocycles. The molecule has 0 saturated carbocycles. The highest BCUT2D eigenvalue weighted by atomic mass is 16.5. The van der Waals surface area contributed by atoms with Crippen molar-refractivity contribution in [3.8, 4) is 5.75 Å². The number of H-pyrrole nitrogens is 1. The van der Waals surface area contributed by atoms with Crippen LogP contribution in [-0.2, 0) is 19.1 Å². The second-order valence-electron chi connectivity index (χ2n) is 11.7. The maximum absolute atomic E-state index is 13.6. The lowest BCUT2D eigenvalue weighted by Crippen LogP contribution is -2.53. The third-order valence-electron chi connectivity index (χ3n) is 7.74. The molecule has 4 N–H and O–H groups in total. The molecule has 3 amide bonds. The van der Waals surface area contributed by atoms with E-state index in [4.69, 9.17) is 9.47 Å². The summed E-state index contributed by atoms with van der Waals surface area (Å²) in [7, 11) is 1.54. The van der Waals surface area contributed by atoms with Crippen LogP contribution in [0.15, 0.2) is 24.3 Å². The lowest BCUT2D eigenvalue weighted by Gasteiger charge is -2.25. The monoisotopic (exact) mass is 620 g/mol. The lowest BCUT2D eigenvalue weighted by molar-refractivity contribution is -0.131. The number of fused-ring (bicyclic) bond motifs is 1. The van der Waals surface area contributed by atoms with Crippen LogP contribution < -0.4 is 20.7 Å². The number of rotatable bonds is 13. The summed E-state index contributed by atoms with van der Waals surface area (Å²) in [5, 5.41) is 8.97. The minimum atomic E-state index is -1.14. The molecule has 3 aromatic rings. The van der Waals surface area contributed by atoms with E-state index in [1.165, 1.54) is 7.11 Å². The summed E-state index contributed by atoms with van der Waals surface area (Å²) < 4.78 is 10.7. The quantitative estimate of drug-likeness (QED) is 0.209. The molecule has 2 aromatic heterocycles. The first-order chi connectivity index (χ1) is 21.4. The first-order valence-electron chi connectivity index (χ1n) is 14.9. The predicted octanol–water partition coefficient (Wildman–Crippen LogP) is 2.47. The number of nitrogens with one attached hydrogen (secondary N) is 4. The van der Waals surface area contributed by atoms with Crippen molar-refractivity contribution in [3.05, 3.63) is 52.7 Å². The minimum absolute atomic E-state index is 0.0165. The number of nitrogens with zero attached hydrogens (tertiary/aromatic N) is 2. The second-order valence-corrected chi connectivity index (χ2v) is 11.7. The number of amides is 3. The van der Waals surface area contributed by atoms with E-state index in [0.29, 0.717) is 46.8 Å². The molecule has 0 bridgehead atoms. The highest BCUT2D eigenvalue weighted by Gasteiger charge is 2.34. The van der Waals surface area contributed by atoms with Crippen LogP contribution in [0.2, 0.25) is 0 Å². The van der Waals surface area contributed by atoms with Crippen LogP contribution in [0.5, 0.6) is 5.75 Å². The SMILES string of the molecule is COc1cccc2[nH]c(C(=O)N[C@@H](CC(C)C)C(=O)N[C@@H](C[C@@H]3CCNC3=O)C(=O)COC(=O)c3c(C)nc(C)nc3C)cc12. The number of aromatic nitrogens is 3. The van der Waals surface area contributed by atoms with Gasteiger partial charge in [0.15, 0.2) is 12.4 Å². The molecule has 1 aliphatic heterocycles. The number of esters is 1. The van der Waals surface area contributed by atoms with E-state index < -0.39 is 48.2 Å². The molecule has 1 aromatic carbocycles. The van der Waals surface area contributed by atoms with Gasteiger partial charge in [0.25, 0.3) is 5.91 Å². The number of methoxy groups -OCH3 is 1. The van der Waals surface area contributed by atoms with Crippen molar-refractivity contribution in [2.75, 3.05) is 20.3 Å². The van der Waals surface area contributed by atoms with Gasteiger partial charge in [0.2, 0.25) is 11.8 Å². The Hall–Kier alpha value is -4.81. The number of aryl methyl sites for hydroxylation is 3. The van der Waals surface area contributed by atoms with Crippen molar-refractivity contribution in [2.24, 2.45) is 11.8 Å². The Morgan fingerprint density at radius 1 is 1.04 bits per heavy atom. The Kier molecular flexibility index (Phi) is 10.5. The molecular weight excluding hydrogens is 580 g/mol. The zero-order chi connectivity index (χ0) is 32.8. The van der Waals surface area contributed by atoms with E-state index in [0.717, 1.165) is 0 Å². The minimum Gasteiger partial charge on any atom is -0.496 e. The third kappa shape index (κ3) is 8.02. The zero-order valence-corrected chi connectivity index (χ0v) is 26.4. The molecule has 1 fully saturated rings. The van der Waals surface area contributed by atoms with Crippen molar-refractivity contribution >= 4 is 40.4 Å². The van der Waals surface area contributed by atoms with Crippen molar-refractivity contribution in [1.82, 2.24) is 30.9 Å². The van der Waals surface area contributed by atoms with Crippen LogP contribution in [0.3, 0.4) is 0 Å². The number of aromatic amines is 1. The largest absolute Gasteiger partial charge is 0.496 e. The molecule has 0 radical (unpaired) electrons.